The number of hydrogen-bond donors (Lipinski definition) is 1. The largest absolute Gasteiger partial charge is 0.320 e. The van der Waals surface area contributed by atoms with Crippen molar-refractivity contribution in [3.05, 3.63) is 12.2 Å². The molecule has 1 heterocycles. The summed E-state index contributed by atoms with van der Waals surface area (Å²) >= 11 is 0. The minimum Gasteiger partial charge on any atom is -0.320 e. The molecule has 4 nitrogen and oxygen atoms in total. The Morgan fingerprint density at radius 2 is 2.58 bits per heavy atom. The van der Waals surface area contributed by atoms with Crippen molar-refractivity contribution >= 4 is 5.91 Å². The number of carbonyl (C=O) groups is 1. The van der Waals surface area contributed by atoms with Gasteiger partial charge in [0.15, 0.2) is 0 Å². The van der Waals surface area contributed by atoms with Gasteiger partial charge in [0.05, 0.1) is 19.2 Å². The minimum absolute atomic E-state index is 0.128. The number of carbonyl (C=O) groups excluding carboxylic acids is 1. The van der Waals surface area contributed by atoms with Gasteiger partial charge in [-0.1, -0.05) is 12.2 Å². The lowest BCUT2D eigenvalue weighted by Gasteiger charge is -2.15. The summed E-state index contributed by atoms with van der Waals surface area (Å²) in [6.45, 7) is 6.49. The van der Waals surface area contributed by atoms with E-state index >= 15 is 0 Å². The van der Waals surface area contributed by atoms with Crippen molar-refractivity contribution in [2.24, 2.45) is 5.73 Å². The second kappa shape index (κ2) is 3.69. The molecule has 0 aromatic rings. The van der Waals surface area contributed by atoms with Crippen molar-refractivity contribution in [2.75, 3.05) is 13.2 Å². The molecule has 2 N–H and O–H groups in total. The highest BCUT2D eigenvalue weighted by Gasteiger charge is 2.29. The summed E-state index contributed by atoms with van der Waals surface area (Å²) in [5.74, 6) is -0.128. The van der Waals surface area contributed by atoms with E-state index in [1.54, 1.807) is 0 Å². The zero-order valence-corrected chi connectivity index (χ0v) is 7.25. The summed E-state index contributed by atoms with van der Waals surface area (Å²) in [6.07, 6.45) is 0.676. The first kappa shape index (κ1) is 9.22. The molecule has 4 heteroatoms. The van der Waals surface area contributed by atoms with Gasteiger partial charge in [0.2, 0.25) is 0 Å². The predicted molar refractivity (Wildman–Crippen MR) is 45.1 cm³/mol. The summed E-state index contributed by atoms with van der Waals surface area (Å²) in [7, 11) is 0. The smallest absolute Gasteiger partial charge is 0.263 e. The van der Waals surface area contributed by atoms with Crippen LogP contribution in [0.3, 0.4) is 0 Å². The van der Waals surface area contributed by atoms with Gasteiger partial charge in [-0.2, -0.15) is 0 Å². The Kier molecular flexibility index (Phi) is 2.83. The second-order valence-corrected chi connectivity index (χ2v) is 3.07. The summed E-state index contributed by atoms with van der Waals surface area (Å²) in [5.41, 5.74) is 6.37. The molecule has 1 unspecified atom stereocenters. The van der Waals surface area contributed by atoms with Crippen LogP contribution < -0.4 is 5.73 Å². The first-order valence-electron chi connectivity index (χ1n) is 3.95. The molecule has 1 aliphatic heterocycles. The lowest BCUT2D eigenvalue weighted by atomic mass is 10.3. The van der Waals surface area contributed by atoms with Gasteiger partial charge in [-0.25, -0.2) is 5.06 Å². The Balaban J connectivity index is 2.34. The van der Waals surface area contributed by atoms with Gasteiger partial charge in [-0.15, -0.1) is 0 Å². The Bertz CT molecular complexity index is 203. The van der Waals surface area contributed by atoms with Crippen molar-refractivity contribution < 1.29 is 9.63 Å². The van der Waals surface area contributed by atoms with E-state index in [0.29, 0.717) is 19.6 Å². The van der Waals surface area contributed by atoms with Gasteiger partial charge in [-0.05, 0) is 13.3 Å². The Hall–Kier alpha value is -0.870. The van der Waals surface area contributed by atoms with E-state index in [0.717, 1.165) is 5.57 Å². The lowest BCUT2D eigenvalue weighted by molar-refractivity contribution is -0.174. The Labute approximate surface area is 71.9 Å². The Morgan fingerprint density at radius 3 is 3.00 bits per heavy atom. The first-order valence-corrected chi connectivity index (χ1v) is 3.95. The van der Waals surface area contributed by atoms with E-state index < -0.39 is 0 Å². The SMILES string of the molecule is C=C(C)CON1CCC(N)C1=O. The third kappa shape index (κ3) is 2.06. The lowest BCUT2D eigenvalue weighted by Crippen LogP contribution is -2.34. The van der Waals surface area contributed by atoms with Crippen LogP contribution in [0.25, 0.3) is 0 Å². The van der Waals surface area contributed by atoms with E-state index in [2.05, 4.69) is 6.58 Å². The van der Waals surface area contributed by atoms with Crippen LogP contribution in [-0.4, -0.2) is 30.2 Å². The topological polar surface area (TPSA) is 55.6 Å². The predicted octanol–water partition coefficient (Wildman–Crippen LogP) is 0.0537. The van der Waals surface area contributed by atoms with Crippen molar-refractivity contribution in [3.8, 4) is 0 Å². The molecule has 0 saturated carbocycles. The number of nitrogens with zero attached hydrogens (tertiary/aromatic N) is 1. The molecule has 1 atom stereocenters. The van der Waals surface area contributed by atoms with E-state index in [1.165, 1.54) is 5.06 Å². The average Bonchev–Trinajstić information content (AvgIpc) is 2.30. The molecule has 0 radical (unpaired) electrons. The number of rotatable bonds is 3. The molecule has 1 fully saturated rings. The molecule has 1 saturated heterocycles. The first-order chi connectivity index (χ1) is 5.61. The number of amides is 1. The van der Waals surface area contributed by atoms with Crippen LogP contribution in [-0.2, 0) is 9.63 Å². The quantitative estimate of drug-likeness (QED) is 0.609. The molecule has 1 amide bonds. The van der Waals surface area contributed by atoms with Crippen molar-refractivity contribution in [2.45, 2.75) is 19.4 Å². The summed E-state index contributed by atoms with van der Waals surface area (Å²) < 4.78 is 0. The van der Waals surface area contributed by atoms with E-state index in [9.17, 15) is 4.79 Å². The minimum atomic E-state index is -0.380. The molecule has 1 aliphatic rings. The van der Waals surface area contributed by atoms with Gasteiger partial charge in [0.1, 0.15) is 0 Å². The van der Waals surface area contributed by atoms with Crippen LogP contribution in [0, 0.1) is 0 Å². The summed E-state index contributed by atoms with van der Waals surface area (Å²) in [6, 6.07) is -0.380. The van der Waals surface area contributed by atoms with Crippen LogP contribution in [0.4, 0.5) is 0 Å². The second-order valence-electron chi connectivity index (χ2n) is 3.07. The zero-order valence-electron chi connectivity index (χ0n) is 7.25. The fourth-order valence-electron chi connectivity index (χ4n) is 0.991. The van der Waals surface area contributed by atoms with Gasteiger partial charge >= 0.3 is 0 Å². The molecule has 0 aromatic heterocycles. The highest BCUT2D eigenvalue weighted by molar-refractivity contribution is 5.82. The molecule has 68 valence electrons. The van der Waals surface area contributed by atoms with Crippen LogP contribution in [0.2, 0.25) is 0 Å². The number of hydrogen-bond acceptors (Lipinski definition) is 3. The average molecular weight is 170 g/mol. The van der Waals surface area contributed by atoms with E-state index in [1.807, 2.05) is 6.92 Å². The van der Waals surface area contributed by atoms with Crippen LogP contribution >= 0.6 is 0 Å². The monoisotopic (exact) mass is 170 g/mol. The van der Waals surface area contributed by atoms with Crippen molar-refractivity contribution in [1.29, 1.82) is 0 Å². The van der Waals surface area contributed by atoms with E-state index in [-0.39, 0.29) is 11.9 Å². The number of nitrogens with two attached hydrogens (primary N) is 1. The van der Waals surface area contributed by atoms with Gasteiger partial charge in [0, 0.05) is 0 Å². The molecule has 0 bridgehead atoms. The molecule has 0 spiro atoms. The molecule has 1 rings (SSSR count). The van der Waals surface area contributed by atoms with Crippen molar-refractivity contribution in [3.63, 3.8) is 0 Å². The van der Waals surface area contributed by atoms with Gasteiger partial charge in [0.25, 0.3) is 5.91 Å². The van der Waals surface area contributed by atoms with Crippen LogP contribution in [0.1, 0.15) is 13.3 Å². The molecule has 0 aromatic carbocycles. The Morgan fingerprint density at radius 1 is 1.92 bits per heavy atom. The summed E-state index contributed by atoms with van der Waals surface area (Å²) in [5, 5.41) is 1.32. The zero-order chi connectivity index (χ0) is 9.14. The molecular formula is C8H14N2O2. The van der Waals surface area contributed by atoms with E-state index in [4.69, 9.17) is 10.6 Å². The summed E-state index contributed by atoms with van der Waals surface area (Å²) in [4.78, 5) is 16.3. The highest BCUT2D eigenvalue weighted by atomic mass is 16.7. The molecular weight excluding hydrogens is 156 g/mol. The van der Waals surface area contributed by atoms with Gasteiger partial charge < -0.3 is 5.73 Å². The standard InChI is InChI=1S/C8H14N2O2/c1-6(2)5-12-10-4-3-7(9)8(10)11/h7H,1,3-5,9H2,2H3. The van der Waals surface area contributed by atoms with Crippen LogP contribution in [0.5, 0.6) is 0 Å². The maximum atomic E-state index is 11.2. The van der Waals surface area contributed by atoms with Crippen molar-refractivity contribution in [1.82, 2.24) is 5.06 Å². The third-order valence-corrected chi connectivity index (χ3v) is 1.67. The highest BCUT2D eigenvalue weighted by Crippen LogP contribution is 2.09. The number of hydroxylamine groups is 2. The third-order valence-electron chi connectivity index (χ3n) is 1.67. The molecule has 0 aliphatic carbocycles. The van der Waals surface area contributed by atoms with Gasteiger partial charge in [-0.3, -0.25) is 9.63 Å². The fraction of sp³-hybridized carbons (Fsp3) is 0.625. The maximum Gasteiger partial charge on any atom is 0.263 e. The maximum absolute atomic E-state index is 11.2. The molecule has 12 heavy (non-hydrogen) atoms. The normalized spacial score (nSPS) is 23.3. The fourth-order valence-corrected chi connectivity index (χ4v) is 0.991. The van der Waals surface area contributed by atoms with Crippen LogP contribution in [0.15, 0.2) is 12.2 Å².